The molecule has 0 radical (unpaired) electrons. The number of carbonyl (C=O) groups excluding carboxylic acids is 2. The monoisotopic (exact) mass is 383 g/mol. The van der Waals surface area contributed by atoms with E-state index in [-0.39, 0.29) is 18.5 Å². The highest BCUT2D eigenvalue weighted by Gasteiger charge is 2.26. The van der Waals surface area contributed by atoms with Crippen molar-refractivity contribution in [3.05, 3.63) is 24.8 Å². The Morgan fingerprint density at radius 1 is 1.29 bits per heavy atom. The van der Waals surface area contributed by atoms with Crippen molar-refractivity contribution < 1.29 is 14.3 Å². The van der Waals surface area contributed by atoms with Crippen molar-refractivity contribution in [3.63, 3.8) is 0 Å². The van der Waals surface area contributed by atoms with Gasteiger partial charge in [-0.1, -0.05) is 0 Å². The molecule has 4 rings (SSSR count). The lowest BCUT2D eigenvalue weighted by Crippen LogP contribution is -2.26. The Morgan fingerprint density at radius 3 is 2.89 bits per heavy atom. The lowest BCUT2D eigenvalue weighted by Gasteiger charge is -2.29. The molecule has 0 aliphatic heterocycles. The number of H-pyrrole nitrogens is 1. The topological polar surface area (TPSA) is 102 Å². The molecule has 8 nitrogen and oxygen atoms in total. The van der Waals surface area contributed by atoms with Crippen molar-refractivity contribution in [2.75, 3.05) is 13.2 Å². The first-order valence-electron chi connectivity index (χ1n) is 9.80. The number of amides is 1. The number of pyridine rings is 1. The lowest BCUT2D eigenvalue weighted by molar-refractivity contribution is -0.145. The second kappa shape index (κ2) is 8.00. The summed E-state index contributed by atoms with van der Waals surface area (Å²) in [5, 5.41) is 3.72. The zero-order valence-electron chi connectivity index (χ0n) is 16.0. The number of aromatic nitrogens is 4. The maximum Gasteiger partial charge on any atom is 0.306 e. The van der Waals surface area contributed by atoms with Crippen LogP contribution in [0.3, 0.4) is 0 Å². The third-order valence-electron chi connectivity index (χ3n) is 5.52. The van der Waals surface area contributed by atoms with Crippen molar-refractivity contribution in [2.45, 2.75) is 45.1 Å². The normalized spacial score (nSPS) is 19.8. The largest absolute Gasteiger partial charge is 0.464 e. The van der Waals surface area contributed by atoms with Gasteiger partial charge in [0.2, 0.25) is 5.91 Å². The van der Waals surface area contributed by atoms with Crippen molar-refractivity contribution in [1.29, 1.82) is 0 Å². The molecule has 148 valence electrons. The first-order chi connectivity index (χ1) is 13.6. The molecule has 0 bridgehead atoms. The molecule has 0 atom stereocenters. The molecule has 0 aromatic carbocycles. The minimum Gasteiger partial charge on any atom is -0.464 e. The Bertz CT molecular complexity index is 984. The number of carbonyl (C=O) groups is 2. The number of fused-ring (bicyclic) bond motifs is 3. The third-order valence-corrected chi connectivity index (χ3v) is 5.52. The molecule has 3 aromatic rings. The number of aromatic amines is 1. The van der Waals surface area contributed by atoms with E-state index in [0.29, 0.717) is 24.9 Å². The molecular formula is C20H25N5O3. The van der Waals surface area contributed by atoms with E-state index in [2.05, 4.69) is 24.8 Å². The van der Waals surface area contributed by atoms with E-state index in [9.17, 15) is 9.59 Å². The number of ether oxygens (including phenoxy) is 1. The molecule has 3 heterocycles. The Morgan fingerprint density at radius 2 is 2.11 bits per heavy atom. The first kappa shape index (κ1) is 18.5. The maximum atomic E-state index is 12.0. The molecule has 1 fully saturated rings. The molecular weight excluding hydrogens is 358 g/mol. The molecule has 1 aliphatic rings. The highest BCUT2D eigenvalue weighted by Crippen LogP contribution is 2.36. The summed E-state index contributed by atoms with van der Waals surface area (Å²) in [6.45, 7) is 2.04. The van der Waals surface area contributed by atoms with Gasteiger partial charge in [0.1, 0.15) is 17.8 Å². The van der Waals surface area contributed by atoms with Gasteiger partial charge in [-0.2, -0.15) is 0 Å². The number of rotatable bonds is 6. The standard InChI is InChI=1S/C20H25N5O3/c1-13(26)21-8-9-28-18(27)10-14-2-4-15(5-3-14)25-12-24-17-11-23-20-16(19(17)25)6-7-22-20/h6-7,11-12,14-15H,2-5,8-10H2,1H3,(H,21,26)(H,22,23). The van der Waals surface area contributed by atoms with E-state index in [1.807, 2.05) is 24.8 Å². The number of imidazole rings is 1. The summed E-state index contributed by atoms with van der Waals surface area (Å²) in [6, 6.07) is 2.43. The van der Waals surface area contributed by atoms with Crippen LogP contribution in [0.1, 0.15) is 45.1 Å². The van der Waals surface area contributed by atoms with Crippen LogP contribution in [0, 0.1) is 5.92 Å². The minimum absolute atomic E-state index is 0.117. The van der Waals surface area contributed by atoms with E-state index in [0.717, 1.165) is 47.8 Å². The summed E-state index contributed by atoms with van der Waals surface area (Å²) in [4.78, 5) is 34.9. The molecule has 8 heteroatoms. The number of hydrogen-bond acceptors (Lipinski definition) is 5. The van der Waals surface area contributed by atoms with Crippen LogP contribution in [0.2, 0.25) is 0 Å². The Labute approximate surface area is 162 Å². The predicted molar refractivity (Wildman–Crippen MR) is 105 cm³/mol. The molecule has 3 aromatic heterocycles. The van der Waals surface area contributed by atoms with Crippen LogP contribution in [0.5, 0.6) is 0 Å². The van der Waals surface area contributed by atoms with Crippen LogP contribution in [-0.2, 0) is 14.3 Å². The summed E-state index contributed by atoms with van der Waals surface area (Å²) >= 11 is 0. The molecule has 0 saturated heterocycles. The Balaban J connectivity index is 1.33. The average molecular weight is 383 g/mol. The van der Waals surface area contributed by atoms with Gasteiger partial charge in [-0.3, -0.25) is 9.59 Å². The van der Waals surface area contributed by atoms with Gasteiger partial charge in [-0.05, 0) is 37.7 Å². The van der Waals surface area contributed by atoms with Gasteiger partial charge in [0, 0.05) is 31.0 Å². The second-order valence-electron chi connectivity index (χ2n) is 7.47. The molecule has 1 saturated carbocycles. The van der Waals surface area contributed by atoms with Crippen molar-refractivity contribution in [3.8, 4) is 0 Å². The van der Waals surface area contributed by atoms with Gasteiger partial charge < -0.3 is 19.6 Å². The molecule has 2 N–H and O–H groups in total. The quantitative estimate of drug-likeness (QED) is 0.503. The van der Waals surface area contributed by atoms with Crippen molar-refractivity contribution >= 4 is 33.9 Å². The molecule has 0 unspecified atom stereocenters. The van der Waals surface area contributed by atoms with Crippen LogP contribution in [-0.4, -0.2) is 44.5 Å². The Hall–Kier alpha value is -2.90. The highest BCUT2D eigenvalue weighted by molar-refractivity contribution is 6.00. The number of hydrogen-bond donors (Lipinski definition) is 2. The van der Waals surface area contributed by atoms with Gasteiger partial charge in [-0.25, -0.2) is 9.97 Å². The average Bonchev–Trinajstić information content (AvgIpc) is 3.32. The second-order valence-corrected chi connectivity index (χ2v) is 7.47. The first-order valence-corrected chi connectivity index (χ1v) is 9.80. The fourth-order valence-corrected chi connectivity index (χ4v) is 4.12. The Kier molecular flexibility index (Phi) is 5.27. The van der Waals surface area contributed by atoms with Crippen LogP contribution in [0.15, 0.2) is 24.8 Å². The van der Waals surface area contributed by atoms with Gasteiger partial charge in [0.25, 0.3) is 0 Å². The highest BCUT2D eigenvalue weighted by atomic mass is 16.5. The van der Waals surface area contributed by atoms with Gasteiger partial charge in [0.05, 0.1) is 24.6 Å². The number of nitrogens with one attached hydrogen (secondary N) is 2. The van der Waals surface area contributed by atoms with Crippen LogP contribution in [0.25, 0.3) is 22.1 Å². The summed E-state index contributed by atoms with van der Waals surface area (Å²) < 4.78 is 7.48. The van der Waals surface area contributed by atoms with Crippen LogP contribution >= 0.6 is 0 Å². The summed E-state index contributed by atoms with van der Waals surface area (Å²) in [5.74, 6) is 0.0596. The van der Waals surface area contributed by atoms with E-state index in [1.54, 1.807) is 0 Å². The smallest absolute Gasteiger partial charge is 0.306 e. The SMILES string of the molecule is CC(=O)NCCOC(=O)CC1CCC(n2cnc3cnc4[nH]ccc4c32)CC1. The fraction of sp³-hybridized carbons (Fsp3) is 0.500. The van der Waals surface area contributed by atoms with Gasteiger partial charge >= 0.3 is 5.97 Å². The van der Waals surface area contributed by atoms with Crippen LogP contribution in [0.4, 0.5) is 0 Å². The van der Waals surface area contributed by atoms with E-state index >= 15 is 0 Å². The van der Waals surface area contributed by atoms with Gasteiger partial charge in [-0.15, -0.1) is 0 Å². The lowest BCUT2D eigenvalue weighted by atomic mass is 9.84. The zero-order valence-corrected chi connectivity index (χ0v) is 16.0. The van der Waals surface area contributed by atoms with E-state index < -0.39 is 0 Å². The number of esters is 1. The van der Waals surface area contributed by atoms with E-state index in [1.165, 1.54) is 6.92 Å². The minimum atomic E-state index is -0.179. The molecule has 1 aliphatic carbocycles. The van der Waals surface area contributed by atoms with Crippen molar-refractivity contribution in [2.24, 2.45) is 5.92 Å². The predicted octanol–water partition coefficient (Wildman–Crippen LogP) is 2.71. The molecule has 1 amide bonds. The summed E-state index contributed by atoms with van der Waals surface area (Å²) in [5.41, 5.74) is 2.92. The fourth-order valence-electron chi connectivity index (χ4n) is 4.12. The zero-order chi connectivity index (χ0) is 19.5. The third kappa shape index (κ3) is 3.85. The number of nitrogens with zero attached hydrogens (tertiary/aromatic N) is 3. The summed E-state index contributed by atoms with van der Waals surface area (Å²) in [7, 11) is 0. The molecule has 0 spiro atoms. The van der Waals surface area contributed by atoms with Crippen molar-refractivity contribution in [1.82, 2.24) is 24.8 Å². The molecule has 28 heavy (non-hydrogen) atoms. The van der Waals surface area contributed by atoms with Crippen LogP contribution < -0.4 is 5.32 Å². The maximum absolute atomic E-state index is 12.0. The van der Waals surface area contributed by atoms with E-state index in [4.69, 9.17) is 4.74 Å². The summed E-state index contributed by atoms with van der Waals surface area (Å²) in [6.07, 6.45) is 10.1. The van der Waals surface area contributed by atoms with Gasteiger partial charge in [0.15, 0.2) is 0 Å².